The first-order chi connectivity index (χ1) is 17.3. The summed E-state index contributed by atoms with van der Waals surface area (Å²) >= 11 is 1.25. The van der Waals surface area contributed by atoms with Gasteiger partial charge in [0, 0.05) is 24.8 Å². The molecule has 1 saturated heterocycles. The number of nitrogens with one attached hydrogen (secondary N) is 2. The van der Waals surface area contributed by atoms with Gasteiger partial charge in [0.25, 0.3) is 0 Å². The number of thiophene rings is 1. The summed E-state index contributed by atoms with van der Waals surface area (Å²) in [5.41, 5.74) is 3.50. The van der Waals surface area contributed by atoms with Gasteiger partial charge in [0.15, 0.2) is 6.29 Å². The number of piperidine rings is 1. The van der Waals surface area contributed by atoms with E-state index in [1.165, 1.54) is 11.3 Å². The van der Waals surface area contributed by atoms with Crippen LogP contribution in [0, 0.1) is 0 Å². The summed E-state index contributed by atoms with van der Waals surface area (Å²) in [6.07, 6.45) is 2.81. The second-order valence-corrected chi connectivity index (χ2v) is 10.8. The Bertz CT molecular complexity index is 1220. The van der Waals surface area contributed by atoms with Crippen molar-refractivity contribution in [2.75, 3.05) is 37.8 Å². The highest BCUT2D eigenvalue weighted by atomic mass is 127. The van der Waals surface area contributed by atoms with Crippen LogP contribution in [0.2, 0.25) is 0 Å². The lowest BCUT2D eigenvalue weighted by Crippen LogP contribution is -2.48. The van der Waals surface area contributed by atoms with Crippen LogP contribution < -0.4 is 10.6 Å². The molecule has 3 aromatic rings. The fourth-order valence-electron chi connectivity index (χ4n) is 4.31. The van der Waals surface area contributed by atoms with E-state index < -0.39 is 6.09 Å². The van der Waals surface area contributed by atoms with E-state index in [2.05, 4.69) is 24.7 Å². The maximum absolute atomic E-state index is 12.7. The number of aryl methyl sites for hydroxylation is 1. The van der Waals surface area contributed by atoms with Gasteiger partial charge in [-0.25, -0.2) is 4.79 Å². The Balaban J connectivity index is 0.00000380. The van der Waals surface area contributed by atoms with Crippen molar-refractivity contribution in [1.82, 2.24) is 0 Å². The van der Waals surface area contributed by atoms with E-state index >= 15 is 0 Å². The molecule has 37 heavy (non-hydrogen) atoms. The molecule has 4 rings (SSSR count). The van der Waals surface area contributed by atoms with Crippen molar-refractivity contribution >= 4 is 64.3 Å². The van der Waals surface area contributed by atoms with Crippen molar-refractivity contribution in [3.63, 3.8) is 0 Å². The molecule has 2 amide bonds. The van der Waals surface area contributed by atoms with E-state index in [4.69, 9.17) is 4.74 Å². The maximum atomic E-state index is 12.7. The van der Waals surface area contributed by atoms with E-state index in [9.17, 15) is 14.4 Å². The van der Waals surface area contributed by atoms with Crippen molar-refractivity contribution in [3.8, 4) is 11.1 Å². The number of benzene rings is 2. The Hall–Kier alpha value is -2.76. The van der Waals surface area contributed by atoms with Gasteiger partial charge >= 0.3 is 6.09 Å². The van der Waals surface area contributed by atoms with Crippen LogP contribution in [-0.2, 0) is 16.0 Å². The Morgan fingerprint density at radius 3 is 2.43 bits per heavy atom. The molecule has 1 aromatic heterocycles. The molecule has 0 bridgehead atoms. The topological polar surface area (TPSA) is 84.5 Å². The van der Waals surface area contributed by atoms with Gasteiger partial charge in [-0.15, -0.1) is 35.3 Å². The number of carbonyl (C=O) groups is 3. The quantitative estimate of drug-likeness (QED) is 0.176. The molecule has 7 nitrogen and oxygen atoms in total. The number of nitrogens with zero attached hydrogens (tertiary/aromatic N) is 1. The zero-order chi connectivity index (χ0) is 25.5. The van der Waals surface area contributed by atoms with E-state index in [1.807, 2.05) is 48.5 Å². The van der Waals surface area contributed by atoms with Gasteiger partial charge in [0.1, 0.15) is 6.10 Å². The monoisotopic (exact) mass is 634 g/mol. The van der Waals surface area contributed by atoms with Crippen molar-refractivity contribution in [3.05, 3.63) is 71.1 Å². The minimum atomic E-state index is -0.442. The lowest BCUT2D eigenvalue weighted by molar-refractivity contribution is -0.896. The Labute approximate surface area is 238 Å². The molecule has 2 aromatic carbocycles. The van der Waals surface area contributed by atoms with Gasteiger partial charge in [-0.1, -0.05) is 36.4 Å². The number of likely N-dealkylation sites (tertiary alicyclic amines) is 1. The molecule has 1 aliphatic rings. The average Bonchev–Trinajstić information content (AvgIpc) is 3.32. The number of amides is 2. The predicted molar refractivity (Wildman–Crippen MR) is 159 cm³/mol. The van der Waals surface area contributed by atoms with E-state index in [0.717, 1.165) is 53.4 Å². The van der Waals surface area contributed by atoms with Crippen molar-refractivity contribution < 1.29 is 23.6 Å². The smallest absolute Gasteiger partial charge is 0.411 e. The van der Waals surface area contributed by atoms with Crippen molar-refractivity contribution in [2.45, 2.75) is 31.8 Å². The molecular weight excluding hydrogens is 601 g/mol. The molecule has 0 spiro atoms. The molecule has 196 valence electrons. The fraction of sp³-hybridized carbons (Fsp3) is 0.321. The van der Waals surface area contributed by atoms with Crippen LogP contribution in [0.5, 0.6) is 0 Å². The van der Waals surface area contributed by atoms with Crippen LogP contribution in [0.25, 0.3) is 11.1 Å². The molecule has 1 fully saturated rings. The molecule has 1 aliphatic heterocycles. The third kappa shape index (κ3) is 8.37. The summed E-state index contributed by atoms with van der Waals surface area (Å²) in [7, 11) is 4.39. The first-order valence-corrected chi connectivity index (χ1v) is 13.0. The maximum Gasteiger partial charge on any atom is 0.411 e. The summed E-state index contributed by atoms with van der Waals surface area (Å²) in [6, 6.07) is 19.0. The SMILES string of the molecule is C[N+]1(C)CCC(OC(=O)Nc2ccc(CCC(=O)Nc3ccc(C=O)s3)cc2-c2ccccc2)CC1.I. The van der Waals surface area contributed by atoms with Crippen LogP contribution in [0.15, 0.2) is 60.7 Å². The Kier molecular flexibility index (Phi) is 10.2. The van der Waals surface area contributed by atoms with Gasteiger partial charge in [0.05, 0.1) is 42.8 Å². The molecule has 2 N–H and O–H groups in total. The number of anilines is 2. The molecule has 0 radical (unpaired) electrons. The van der Waals surface area contributed by atoms with E-state index in [-0.39, 0.29) is 36.0 Å². The number of rotatable bonds is 8. The van der Waals surface area contributed by atoms with Gasteiger partial charge in [-0.2, -0.15) is 0 Å². The Morgan fingerprint density at radius 1 is 1.03 bits per heavy atom. The second kappa shape index (κ2) is 13.2. The summed E-state index contributed by atoms with van der Waals surface area (Å²) in [5, 5.41) is 6.44. The van der Waals surface area contributed by atoms with Gasteiger partial charge in [0.2, 0.25) is 5.91 Å². The second-order valence-electron chi connectivity index (χ2n) is 9.73. The summed E-state index contributed by atoms with van der Waals surface area (Å²) in [5.74, 6) is -0.115. The van der Waals surface area contributed by atoms with Gasteiger partial charge in [-0.3, -0.25) is 14.9 Å². The molecule has 0 unspecified atom stereocenters. The number of halogens is 1. The van der Waals surface area contributed by atoms with Crippen LogP contribution in [0.3, 0.4) is 0 Å². The minimum Gasteiger partial charge on any atom is -0.446 e. The highest BCUT2D eigenvalue weighted by Gasteiger charge is 2.28. The summed E-state index contributed by atoms with van der Waals surface area (Å²) < 4.78 is 6.67. The van der Waals surface area contributed by atoms with Gasteiger partial charge in [-0.05, 0) is 41.8 Å². The number of ether oxygens (including phenoxy) is 1. The number of hydrogen-bond acceptors (Lipinski definition) is 5. The predicted octanol–water partition coefficient (Wildman–Crippen LogP) is 6.20. The minimum absolute atomic E-state index is 0. The van der Waals surface area contributed by atoms with E-state index in [0.29, 0.717) is 28.4 Å². The summed E-state index contributed by atoms with van der Waals surface area (Å²) in [4.78, 5) is 36.5. The molecule has 9 heteroatoms. The van der Waals surface area contributed by atoms with Crippen LogP contribution in [0.1, 0.15) is 34.5 Å². The van der Waals surface area contributed by atoms with Crippen LogP contribution in [-0.4, -0.2) is 56.1 Å². The molecule has 0 saturated carbocycles. The lowest BCUT2D eigenvalue weighted by atomic mass is 9.99. The third-order valence-corrected chi connectivity index (χ3v) is 7.36. The van der Waals surface area contributed by atoms with Gasteiger partial charge < -0.3 is 14.5 Å². The number of carbonyl (C=O) groups excluding carboxylic acids is 3. The molecule has 0 aliphatic carbocycles. The number of quaternary nitrogens is 1. The van der Waals surface area contributed by atoms with Crippen LogP contribution in [0.4, 0.5) is 15.5 Å². The van der Waals surface area contributed by atoms with Crippen LogP contribution >= 0.6 is 35.3 Å². The average molecular weight is 635 g/mol. The lowest BCUT2D eigenvalue weighted by Gasteiger charge is -2.36. The molecule has 2 heterocycles. The number of hydrogen-bond donors (Lipinski definition) is 2. The normalized spacial score (nSPS) is 14.8. The standard InChI is InChI=1S/C28H31N3O4S.HI/c1-31(2)16-14-22(15-17-31)35-28(34)29-25-11-8-20(18-24(25)21-6-4-3-5-7-21)9-12-26(33)30-27-13-10-23(19-32)36-27;/h3-8,10-11,13,18-19,22H,9,12,14-17H2,1-2H3,(H-,29,30,32,33,34);1H/p+1. The zero-order valence-corrected chi connectivity index (χ0v) is 24.2. The Morgan fingerprint density at radius 2 is 1.76 bits per heavy atom. The van der Waals surface area contributed by atoms with E-state index in [1.54, 1.807) is 12.1 Å². The largest absolute Gasteiger partial charge is 0.446 e. The first-order valence-electron chi connectivity index (χ1n) is 12.1. The van der Waals surface area contributed by atoms with Crippen molar-refractivity contribution in [1.29, 1.82) is 0 Å². The highest BCUT2D eigenvalue weighted by molar-refractivity contribution is 14.0. The molecule has 0 atom stereocenters. The fourth-order valence-corrected chi connectivity index (χ4v) is 5.04. The zero-order valence-electron chi connectivity index (χ0n) is 21.1. The first kappa shape index (κ1) is 28.8. The third-order valence-electron chi connectivity index (χ3n) is 6.44. The highest BCUT2D eigenvalue weighted by Crippen LogP contribution is 2.30. The number of aldehydes is 1. The van der Waals surface area contributed by atoms with Crippen molar-refractivity contribution in [2.24, 2.45) is 0 Å². The molecular formula is C28H33IN3O4S+. The summed E-state index contributed by atoms with van der Waals surface area (Å²) in [6.45, 7) is 1.97.